The van der Waals surface area contributed by atoms with Gasteiger partial charge in [0.15, 0.2) is 0 Å². The molecule has 0 amide bonds. The molecule has 0 atom stereocenters. The molecule has 1 heterocycles. The van der Waals surface area contributed by atoms with Crippen molar-refractivity contribution in [1.29, 1.82) is 0 Å². The standard InChI is InChI=1S/C13H13ClN2O3/c1-2-16-11(9(7-15-16)13(17)18)8-19-12-6-4-3-5-10(12)14/h3-7H,2,8H2,1H3,(H,17,18). The van der Waals surface area contributed by atoms with Gasteiger partial charge >= 0.3 is 5.97 Å². The van der Waals surface area contributed by atoms with Crippen molar-refractivity contribution in [3.63, 3.8) is 0 Å². The lowest BCUT2D eigenvalue weighted by molar-refractivity contribution is 0.0693. The smallest absolute Gasteiger partial charge is 0.339 e. The van der Waals surface area contributed by atoms with Crippen LogP contribution in [0.3, 0.4) is 0 Å². The molecule has 0 aliphatic rings. The first-order chi connectivity index (χ1) is 9.13. The van der Waals surface area contributed by atoms with Crippen LogP contribution in [-0.2, 0) is 13.2 Å². The van der Waals surface area contributed by atoms with Gasteiger partial charge < -0.3 is 9.84 Å². The van der Waals surface area contributed by atoms with E-state index in [4.69, 9.17) is 21.4 Å². The number of carbonyl (C=O) groups is 1. The Morgan fingerprint density at radius 2 is 2.21 bits per heavy atom. The first-order valence-electron chi connectivity index (χ1n) is 5.78. The van der Waals surface area contributed by atoms with E-state index in [0.717, 1.165) is 0 Å². The molecule has 0 bridgehead atoms. The minimum absolute atomic E-state index is 0.110. The summed E-state index contributed by atoms with van der Waals surface area (Å²) in [6, 6.07) is 7.05. The third kappa shape index (κ3) is 2.88. The molecule has 6 heteroatoms. The van der Waals surface area contributed by atoms with Crippen LogP contribution in [0, 0.1) is 0 Å². The number of hydrogen-bond acceptors (Lipinski definition) is 3. The third-order valence-electron chi connectivity index (χ3n) is 2.68. The lowest BCUT2D eigenvalue weighted by Crippen LogP contribution is -2.10. The minimum Gasteiger partial charge on any atom is -0.486 e. The fraction of sp³-hybridized carbons (Fsp3) is 0.231. The SMILES string of the molecule is CCn1ncc(C(=O)O)c1COc1ccccc1Cl. The summed E-state index contributed by atoms with van der Waals surface area (Å²) in [7, 11) is 0. The van der Waals surface area contributed by atoms with Crippen LogP contribution in [0.4, 0.5) is 0 Å². The summed E-state index contributed by atoms with van der Waals surface area (Å²) in [6.07, 6.45) is 1.33. The highest BCUT2D eigenvalue weighted by atomic mass is 35.5. The normalized spacial score (nSPS) is 10.4. The molecule has 0 spiro atoms. The number of halogens is 1. The maximum Gasteiger partial charge on any atom is 0.339 e. The van der Waals surface area contributed by atoms with Gasteiger partial charge in [-0.1, -0.05) is 23.7 Å². The molecule has 5 nitrogen and oxygen atoms in total. The van der Waals surface area contributed by atoms with Gasteiger partial charge in [0.25, 0.3) is 0 Å². The van der Waals surface area contributed by atoms with Gasteiger partial charge in [0.2, 0.25) is 0 Å². The average Bonchev–Trinajstić information content (AvgIpc) is 2.81. The van der Waals surface area contributed by atoms with Gasteiger partial charge in [-0.05, 0) is 19.1 Å². The van der Waals surface area contributed by atoms with Gasteiger partial charge in [0.05, 0.1) is 16.9 Å². The number of carboxylic acid groups (broad SMARTS) is 1. The number of aromatic carboxylic acids is 1. The molecule has 0 saturated carbocycles. The second-order valence-electron chi connectivity index (χ2n) is 3.84. The Labute approximate surface area is 115 Å². The molecule has 0 radical (unpaired) electrons. The van der Waals surface area contributed by atoms with E-state index in [2.05, 4.69) is 5.10 Å². The molecule has 1 N–H and O–H groups in total. The van der Waals surface area contributed by atoms with Crippen LogP contribution in [0.2, 0.25) is 5.02 Å². The average molecular weight is 281 g/mol. The summed E-state index contributed by atoms with van der Waals surface area (Å²) < 4.78 is 7.16. The number of hydrogen-bond donors (Lipinski definition) is 1. The first kappa shape index (κ1) is 13.4. The Morgan fingerprint density at radius 3 is 2.84 bits per heavy atom. The van der Waals surface area contributed by atoms with E-state index < -0.39 is 5.97 Å². The number of para-hydroxylation sites is 1. The van der Waals surface area contributed by atoms with Crippen molar-refractivity contribution in [2.45, 2.75) is 20.1 Å². The highest BCUT2D eigenvalue weighted by Crippen LogP contribution is 2.24. The summed E-state index contributed by atoms with van der Waals surface area (Å²) in [5.74, 6) is -0.498. The first-order valence-corrected chi connectivity index (χ1v) is 6.16. The summed E-state index contributed by atoms with van der Waals surface area (Å²) >= 11 is 5.98. The molecule has 1 aromatic heterocycles. The molecule has 0 aliphatic heterocycles. The monoisotopic (exact) mass is 280 g/mol. The van der Waals surface area contributed by atoms with Crippen molar-refractivity contribution in [3.8, 4) is 5.75 Å². The third-order valence-corrected chi connectivity index (χ3v) is 2.99. The van der Waals surface area contributed by atoms with Crippen LogP contribution < -0.4 is 4.74 Å². The predicted octanol–water partition coefficient (Wildman–Crippen LogP) is 2.83. The van der Waals surface area contributed by atoms with Crippen molar-refractivity contribution in [3.05, 3.63) is 46.7 Å². The maximum atomic E-state index is 11.1. The van der Waals surface area contributed by atoms with Gasteiger partial charge in [0, 0.05) is 6.54 Å². The topological polar surface area (TPSA) is 64.4 Å². The van der Waals surface area contributed by atoms with E-state index in [0.29, 0.717) is 23.0 Å². The summed E-state index contributed by atoms with van der Waals surface area (Å²) in [4.78, 5) is 11.1. The number of nitrogens with zero attached hydrogens (tertiary/aromatic N) is 2. The molecule has 2 rings (SSSR count). The summed E-state index contributed by atoms with van der Waals surface area (Å²) in [5.41, 5.74) is 0.670. The van der Waals surface area contributed by atoms with Gasteiger partial charge in [-0.3, -0.25) is 4.68 Å². The highest BCUT2D eigenvalue weighted by molar-refractivity contribution is 6.32. The van der Waals surface area contributed by atoms with Gasteiger partial charge in [-0.25, -0.2) is 4.79 Å². The second kappa shape index (κ2) is 5.75. The Hall–Kier alpha value is -2.01. The zero-order valence-corrected chi connectivity index (χ0v) is 11.1. The summed E-state index contributed by atoms with van der Waals surface area (Å²) in [5, 5.41) is 13.6. The van der Waals surface area contributed by atoms with Crippen molar-refractivity contribution in [1.82, 2.24) is 9.78 Å². The van der Waals surface area contributed by atoms with Gasteiger partial charge in [-0.15, -0.1) is 0 Å². The molecule has 0 saturated heterocycles. The van der Waals surface area contributed by atoms with Crippen LogP contribution in [0.5, 0.6) is 5.75 Å². The summed E-state index contributed by atoms with van der Waals surface area (Å²) in [6.45, 7) is 2.57. The van der Waals surface area contributed by atoms with Crippen LogP contribution in [0.15, 0.2) is 30.5 Å². The molecule has 19 heavy (non-hydrogen) atoms. The number of carboxylic acids is 1. The van der Waals surface area contributed by atoms with Crippen molar-refractivity contribution in [2.24, 2.45) is 0 Å². The Morgan fingerprint density at radius 1 is 1.47 bits per heavy atom. The quantitative estimate of drug-likeness (QED) is 0.915. The number of aryl methyl sites for hydroxylation is 1. The molecule has 0 unspecified atom stereocenters. The van der Waals surface area contributed by atoms with Crippen LogP contribution in [0.25, 0.3) is 0 Å². The fourth-order valence-corrected chi connectivity index (χ4v) is 1.91. The van der Waals surface area contributed by atoms with Crippen LogP contribution in [0.1, 0.15) is 23.0 Å². The van der Waals surface area contributed by atoms with Crippen molar-refractivity contribution >= 4 is 17.6 Å². The Kier molecular flexibility index (Phi) is 4.06. The zero-order chi connectivity index (χ0) is 13.8. The van der Waals surface area contributed by atoms with Gasteiger partial charge in [0.1, 0.15) is 17.9 Å². The maximum absolute atomic E-state index is 11.1. The van der Waals surface area contributed by atoms with Crippen molar-refractivity contribution < 1.29 is 14.6 Å². The number of rotatable bonds is 5. The predicted molar refractivity (Wildman–Crippen MR) is 70.6 cm³/mol. The van der Waals surface area contributed by atoms with E-state index in [-0.39, 0.29) is 12.2 Å². The molecule has 1 aromatic carbocycles. The molecular formula is C13H13ClN2O3. The van der Waals surface area contributed by atoms with Crippen LogP contribution >= 0.6 is 11.6 Å². The van der Waals surface area contributed by atoms with E-state index in [1.807, 2.05) is 6.92 Å². The number of aromatic nitrogens is 2. The van der Waals surface area contributed by atoms with E-state index in [9.17, 15) is 4.79 Å². The zero-order valence-electron chi connectivity index (χ0n) is 10.3. The molecule has 2 aromatic rings. The van der Waals surface area contributed by atoms with E-state index in [1.165, 1.54) is 6.20 Å². The van der Waals surface area contributed by atoms with E-state index in [1.54, 1.807) is 28.9 Å². The largest absolute Gasteiger partial charge is 0.486 e. The second-order valence-corrected chi connectivity index (χ2v) is 4.25. The lowest BCUT2D eigenvalue weighted by atomic mass is 10.2. The van der Waals surface area contributed by atoms with E-state index >= 15 is 0 Å². The lowest BCUT2D eigenvalue weighted by Gasteiger charge is -2.10. The molecule has 0 aliphatic carbocycles. The Bertz CT molecular complexity index is 595. The highest BCUT2D eigenvalue weighted by Gasteiger charge is 2.16. The molecule has 0 fully saturated rings. The fourth-order valence-electron chi connectivity index (χ4n) is 1.72. The number of benzene rings is 1. The number of ether oxygens (including phenoxy) is 1. The van der Waals surface area contributed by atoms with Crippen LogP contribution in [-0.4, -0.2) is 20.9 Å². The minimum atomic E-state index is -1.02. The molecular weight excluding hydrogens is 268 g/mol. The molecule has 100 valence electrons. The van der Waals surface area contributed by atoms with Crippen molar-refractivity contribution in [2.75, 3.05) is 0 Å². The van der Waals surface area contributed by atoms with Gasteiger partial charge in [-0.2, -0.15) is 5.10 Å². The Balaban J connectivity index is 2.21.